The summed E-state index contributed by atoms with van der Waals surface area (Å²) in [5.41, 5.74) is 0.866. The van der Waals surface area contributed by atoms with Gasteiger partial charge < -0.3 is 10.1 Å². The molecule has 1 heterocycles. The highest BCUT2D eigenvalue weighted by molar-refractivity contribution is 6.29. The van der Waals surface area contributed by atoms with E-state index in [0.717, 1.165) is 5.69 Å². The summed E-state index contributed by atoms with van der Waals surface area (Å²) in [6.07, 6.45) is 1.65. The van der Waals surface area contributed by atoms with Crippen LogP contribution in [0.4, 0.5) is 5.69 Å². The molecule has 1 atom stereocenters. The third kappa shape index (κ3) is 4.01. The Hall–Kier alpha value is -0.870. The highest BCUT2D eigenvalue weighted by atomic mass is 35.5. The summed E-state index contributed by atoms with van der Waals surface area (Å²) in [5.74, 6) is 0.469. The number of methoxy groups -OCH3 is 1. The average molecular weight is 230 g/mol. The van der Waals surface area contributed by atoms with Crippen molar-refractivity contribution < 1.29 is 4.74 Å². The molecule has 1 rings (SSSR count). The van der Waals surface area contributed by atoms with E-state index < -0.39 is 0 Å². The van der Waals surface area contributed by atoms with E-state index >= 15 is 0 Å². The number of nitrogens with zero attached hydrogens (tertiary/aromatic N) is 2. The van der Waals surface area contributed by atoms with Crippen LogP contribution >= 0.6 is 11.6 Å². The standard InChI is InChI=1S/C10H16ClN3O/c1-7(2)9(6-15-3)13-8-4-10(11)14-12-5-8/h4-5,7,9H,6H2,1-3H3,(H,13,14). The minimum atomic E-state index is 0.246. The average Bonchev–Trinajstić information content (AvgIpc) is 2.17. The molecular formula is C10H16ClN3O. The second-order valence-electron chi connectivity index (χ2n) is 3.72. The Kier molecular flexibility index (Phi) is 4.78. The van der Waals surface area contributed by atoms with Gasteiger partial charge >= 0.3 is 0 Å². The highest BCUT2D eigenvalue weighted by Gasteiger charge is 2.12. The van der Waals surface area contributed by atoms with Gasteiger partial charge in [0.1, 0.15) is 0 Å². The Morgan fingerprint density at radius 2 is 2.27 bits per heavy atom. The molecule has 0 spiro atoms. The Labute approximate surface area is 95.0 Å². The van der Waals surface area contributed by atoms with Gasteiger partial charge in [-0.1, -0.05) is 25.4 Å². The summed E-state index contributed by atoms with van der Waals surface area (Å²) in [6.45, 7) is 4.91. The molecule has 84 valence electrons. The topological polar surface area (TPSA) is 47.0 Å². The number of ether oxygens (including phenoxy) is 1. The first-order valence-corrected chi connectivity index (χ1v) is 5.25. The second kappa shape index (κ2) is 5.88. The van der Waals surface area contributed by atoms with Crippen molar-refractivity contribution in [3.8, 4) is 0 Å². The van der Waals surface area contributed by atoms with E-state index in [1.165, 1.54) is 0 Å². The molecule has 1 N–H and O–H groups in total. The van der Waals surface area contributed by atoms with Gasteiger partial charge in [0.15, 0.2) is 5.15 Å². The van der Waals surface area contributed by atoms with Gasteiger partial charge in [-0.25, -0.2) is 0 Å². The van der Waals surface area contributed by atoms with Gasteiger partial charge in [-0.05, 0) is 5.92 Å². The molecule has 0 radical (unpaired) electrons. The van der Waals surface area contributed by atoms with Gasteiger partial charge in [0.25, 0.3) is 0 Å². The van der Waals surface area contributed by atoms with Gasteiger partial charge in [-0.2, -0.15) is 5.10 Å². The minimum absolute atomic E-state index is 0.246. The Morgan fingerprint density at radius 3 is 2.80 bits per heavy atom. The molecule has 4 nitrogen and oxygen atoms in total. The van der Waals surface area contributed by atoms with Crippen LogP contribution in [0.15, 0.2) is 12.3 Å². The number of hydrogen-bond acceptors (Lipinski definition) is 4. The predicted molar refractivity (Wildman–Crippen MR) is 61.2 cm³/mol. The van der Waals surface area contributed by atoms with Crippen LogP contribution in [0.25, 0.3) is 0 Å². The summed E-state index contributed by atoms with van der Waals surface area (Å²) in [5, 5.41) is 11.2. The largest absolute Gasteiger partial charge is 0.383 e. The molecule has 0 saturated carbocycles. The maximum atomic E-state index is 5.74. The first-order valence-electron chi connectivity index (χ1n) is 4.87. The Morgan fingerprint density at radius 1 is 1.53 bits per heavy atom. The molecule has 5 heteroatoms. The lowest BCUT2D eigenvalue weighted by molar-refractivity contribution is 0.171. The van der Waals surface area contributed by atoms with Crippen LogP contribution in [0.1, 0.15) is 13.8 Å². The Balaban J connectivity index is 2.65. The van der Waals surface area contributed by atoms with Gasteiger partial charge in [-0.15, -0.1) is 5.10 Å². The van der Waals surface area contributed by atoms with Gasteiger partial charge in [0, 0.05) is 13.2 Å². The normalized spacial score (nSPS) is 12.9. The maximum Gasteiger partial charge on any atom is 0.153 e. The minimum Gasteiger partial charge on any atom is -0.383 e. The second-order valence-corrected chi connectivity index (χ2v) is 4.10. The summed E-state index contributed by atoms with van der Waals surface area (Å²) < 4.78 is 5.14. The molecule has 0 aliphatic rings. The smallest absolute Gasteiger partial charge is 0.153 e. The molecular weight excluding hydrogens is 214 g/mol. The van der Waals surface area contributed by atoms with Gasteiger partial charge in [-0.3, -0.25) is 0 Å². The molecule has 0 amide bonds. The van der Waals surface area contributed by atoms with Crippen LogP contribution in [-0.2, 0) is 4.74 Å². The zero-order valence-corrected chi connectivity index (χ0v) is 9.95. The van der Waals surface area contributed by atoms with Crippen LogP contribution in [0.5, 0.6) is 0 Å². The molecule has 0 aliphatic carbocycles. The number of rotatable bonds is 5. The number of hydrogen-bond donors (Lipinski definition) is 1. The third-order valence-electron chi connectivity index (χ3n) is 2.13. The third-order valence-corrected chi connectivity index (χ3v) is 2.31. The SMILES string of the molecule is COCC(Nc1cnnc(Cl)c1)C(C)C. The fourth-order valence-electron chi connectivity index (χ4n) is 1.21. The van der Waals surface area contributed by atoms with E-state index in [2.05, 4.69) is 29.4 Å². The summed E-state index contributed by atoms with van der Waals surface area (Å²) in [4.78, 5) is 0. The molecule has 1 aromatic rings. The molecule has 0 saturated heterocycles. The van der Waals surface area contributed by atoms with E-state index in [9.17, 15) is 0 Å². The summed E-state index contributed by atoms with van der Waals surface area (Å²) >= 11 is 5.74. The number of halogens is 1. The van der Waals surface area contributed by atoms with E-state index in [1.807, 2.05) is 0 Å². The molecule has 0 bridgehead atoms. The molecule has 0 aromatic carbocycles. The van der Waals surface area contributed by atoms with Crippen molar-refractivity contribution in [1.82, 2.24) is 10.2 Å². The van der Waals surface area contributed by atoms with Gasteiger partial charge in [0.05, 0.1) is 24.5 Å². The lowest BCUT2D eigenvalue weighted by Crippen LogP contribution is -2.30. The zero-order valence-electron chi connectivity index (χ0n) is 9.20. The van der Waals surface area contributed by atoms with Crippen molar-refractivity contribution in [3.05, 3.63) is 17.4 Å². The van der Waals surface area contributed by atoms with E-state index in [1.54, 1.807) is 19.4 Å². The van der Waals surface area contributed by atoms with Crippen molar-refractivity contribution in [2.45, 2.75) is 19.9 Å². The quantitative estimate of drug-likeness (QED) is 0.841. The fraction of sp³-hybridized carbons (Fsp3) is 0.600. The lowest BCUT2D eigenvalue weighted by atomic mass is 10.1. The molecule has 1 aromatic heterocycles. The predicted octanol–water partition coefficient (Wildman–Crippen LogP) is 2.21. The monoisotopic (exact) mass is 229 g/mol. The van der Waals surface area contributed by atoms with Crippen molar-refractivity contribution in [2.75, 3.05) is 19.0 Å². The highest BCUT2D eigenvalue weighted by Crippen LogP contribution is 2.14. The van der Waals surface area contributed by atoms with Crippen LogP contribution in [0, 0.1) is 5.92 Å². The first kappa shape index (κ1) is 12.2. The van der Waals surface area contributed by atoms with Crippen LogP contribution in [0.2, 0.25) is 5.15 Å². The van der Waals surface area contributed by atoms with E-state index in [0.29, 0.717) is 17.7 Å². The van der Waals surface area contributed by atoms with Crippen LogP contribution < -0.4 is 5.32 Å². The number of nitrogens with one attached hydrogen (secondary N) is 1. The summed E-state index contributed by atoms with van der Waals surface area (Å²) in [6, 6.07) is 2.00. The van der Waals surface area contributed by atoms with Crippen molar-refractivity contribution in [1.29, 1.82) is 0 Å². The Bertz CT molecular complexity index is 306. The molecule has 0 fully saturated rings. The van der Waals surface area contributed by atoms with Crippen molar-refractivity contribution in [2.24, 2.45) is 5.92 Å². The van der Waals surface area contributed by atoms with Gasteiger partial charge in [0.2, 0.25) is 0 Å². The molecule has 1 unspecified atom stereocenters. The maximum absolute atomic E-state index is 5.74. The van der Waals surface area contributed by atoms with Crippen LogP contribution in [-0.4, -0.2) is 30.0 Å². The zero-order chi connectivity index (χ0) is 11.3. The number of aromatic nitrogens is 2. The lowest BCUT2D eigenvalue weighted by Gasteiger charge is -2.22. The first-order chi connectivity index (χ1) is 7.13. The number of anilines is 1. The van der Waals surface area contributed by atoms with Crippen LogP contribution in [0.3, 0.4) is 0 Å². The van der Waals surface area contributed by atoms with Crippen molar-refractivity contribution in [3.63, 3.8) is 0 Å². The molecule has 15 heavy (non-hydrogen) atoms. The summed E-state index contributed by atoms with van der Waals surface area (Å²) in [7, 11) is 1.69. The van der Waals surface area contributed by atoms with E-state index in [-0.39, 0.29) is 6.04 Å². The van der Waals surface area contributed by atoms with E-state index in [4.69, 9.17) is 16.3 Å². The van der Waals surface area contributed by atoms with Crippen molar-refractivity contribution >= 4 is 17.3 Å². The molecule has 0 aliphatic heterocycles. The fourth-order valence-corrected chi connectivity index (χ4v) is 1.38.